The molecule has 0 aliphatic carbocycles. The van der Waals surface area contributed by atoms with Crippen molar-refractivity contribution in [1.29, 1.82) is 0 Å². The Balaban J connectivity index is 2.55. The first-order chi connectivity index (χ1) is 10.2. The average Bonchev–Trinajstić information content (AvgIpc) is 2.49. The van der Waals surface area contributed by atoms with E-state index in [1.54, 1.807) is 7.11 Å². The fourth-order valence-corrected chi connectivity index (χ4v) is 1.88. The maximum Gasteiger partial charge on any atom is 0.158 e. The lowest BCUT2D eigenvalue weighted by molar-refractivity contribution is 0.178. The molecule has 6 nitrogen and oxygen atoms in total. The van der Waals surface area contributed by atoms with E-state index >= 15 is 0 Å². The monoisotopic (exact) mass is 296 g/mol. The van der Waals surface area contributed by atoms with Crippen molar-refractivity contribution in [3.8, 4) is 0 Å². The van der Waals surface area contributed by atoms with Gasteiger partial charge in [-0.05, 0) is 25.2 Å². The topological polar surface area (TPSA) is 79.3 Å². The van der Waals surface area contributed by atoms with Crippen molar-refractivity contribution in [2.75, 3.05) is 37.4 Å². The van der Waals surface area contributed by atoms with Crippen LogP contribution in [0.5, 0.6) is 0 Å². The number of aliphatic hydroxyl groups is 1. The summed E-state index contributed by atoms with van der Waals surface area (Å²) in [5, 5.41) is 15.6. The zero-order valence-electron chi connectivity index (χ0n) is 13.4. The number of aromatic nitrogens is 2. The first kappa shape index (κ1) is 17.7. The van der Waals surface area contributed by atoms with Crippen molar-refractivity contribution in [2.45, 2.75) is 39.7 Å². The highest BCUT2D eigenvalue weighted by Crippen LogP contribution is 2.13. The van der Waals surface area contributed by atoms with Gasteiger partial charge in [-0.2, -0.15) is 0 Å². The van der Waals surface area contributed by atoms with Crippen LogP contribution in [0.4, 0.5) is 11.6 Å². The Morgan fingerprint density at radius 1 is 1.24 bits per heavy atom. The molecule has 0 fully saturated rings. The average molecular weight is 296 g/mol. The molecule has 0 saturated heterocycles. The third-order valence-electron chi connectivity index (χ3n) is 3.09. The van der Waals surface area contributed by atoms with Crippen molar-refractivity contribution < 1.29 is 9.84 Å². The normalized spacial score (nSPS) is 12.2. The molecular formula is C15H28N4O2. The molecule has 120 valence electrons. The molecule has 0 aliphatic heterocycles. The molecule has 0 amide bonds. The van der Waals surface area contributed by atoms with Gasteiger partial charge in [-0.15, -0.1) is 0 Å². The lowest BCUT2D eigenvalue weighted by atomic mass is 10.1. The molecule has 0 aromatic carbocycles. The highest BCUT2D eigenvalue weighted by Gasteiger charge is 2.05. The van der Waals surface area contributed by atoms with Gasteiger partial charge in [0.1, 0.15) is 18.2 Å². The van der Waals surface area contributed by atoms with Crippen LogP contribution in [0.25, 0.3) is 0 Å². The Kier molecular flexibility index (Phi) is 8.69. The Morgan fingerprint density at radius 3 is 2.48 bits per heavy atom. The standard InChI is InChI=1S/C15H28N4O2/c1-4-7-16-13-9-14(19-15(18-13)11-21-3)17-8-5-6-12(2)10-20/h9,12,20H,4-8,10-11H2,1-3H3,(H2,16,17,18,19). The van der Waals surface area contributed by atoms with Crippen LogP contribution in [0.1, 0.15) is 38.9 Å². The highest BCUT2D eigenvalue weighted by molar-refractivity contribution is 5.47. The van der Waals surface area contributed by atoms with Gasteiger partial charge in [-0.25, -0.2) is 9.97 Å². The Labute approximate surface area is 127 Å². The number of hydrogen-bond acceptors (Lipinski definition) is 6. The molecule has 1 unspecified atom stereocenters. The van der Waals surface area contributed by atoms with E-state index < -0.39 is 0 Å². The number of anilines is 2. The van der Waals surface area contributed by atoms with Crippen LogP contribution in [0.15, 0.2) is 6.07 Å². The molecule has 0 aliphatic rings. The highest BCUT2D eigenvalue weighted by atomic mass is 16.5. The van der Waals surface area contributed by atoms with Crippen molar-refractivity contribution in [2.24, 2.45) is 5.92 Å². The lowest BCUT2D eigenvalue weighted by Crippen LogP contribution is -2.11. The summed E-state index contributed by atoms with van der Waals surface area (Å²) in [6.45, 7) is 6.53. The molecule has 1 atom stereocenters. The largest absolute Gasteiger partial charge is 0.396 e. The van der Waals surface area contributed by atoms with Crippen molar-refractivity contribution >= 4 is 11.6 Å². The number of nitrogens with one attached hydrogen (secondary N) is 2. The molecule has 21 heavy (non-hydrogen) atoms. The van der Waals surface area contributed by atoms with E-state index in [-0.39, 0.29) is 6.61 Å². The van der Waals surface area contributed by atoms with E-state index in [2.05, 4.69) is 27.5 Å². The molecule has 0 bridgehead atoms. The summed E-state index contributed by atoms with van der Waals surface area (Å²) >= 11 is 0. The van der Waals surface area contributed by atoms with Gasteiger partial charge in [0.25, 0.3) is 0 Å². The van der Waals surface area contributed by atoms with Gasteiger partial charge in [0, 0.05) is 32.9 Å². The molecule has 0 saturated carbocycles. The van der Waals surface area contributed by atoms with E-state index in [4.69, 9.17) is 9.84 Å². The van der Waals surface area contributed by atoms with Crippen molar-refractivity contribution in [1.82, 2.24) is 9.97 Å². The van der Waals surface area contributed by atoms with Crippen LogP contribution in [0.2, 0.25) is 0 Å². The Morgan fingerprint density at radius 2 is 1.90 bits per heavy atom. The summed E-state index contributed by atoms with van der Waals surface area (Å²) in [7, 11) is 1.64. The summed E-state index contributed by atoms with van der Waals surface area (Å²) < 4.78 is 5.11. The predicted molar refractivity (Wildman–Crippen MR) is 85.5 cm³/mol. The molecule has 1 aromatic heterocycles. The molecular weight excluding hydrogens is 268 g/mol. The molecule has 1 aromatic rings. The summed E-state index contributed by atoms with van der Waals surface area (Å²) in [6, 6.07) is 1.92. The molecule has 1 rings (SSSR count). The second-order valence-corrected chi connectivity index (χ2v) is 5.27. The van der Waals surface area contributed by atoms with Crippen LogP contribution in [0.3, 0.4) is 0 Å². The van der Waals surface area contributed by atoms with Crippen LogP contribution < -0.4 is 10.6 Å². The number of methoxy groups -OCH3 is 1. The summed E-state index contributed by atoms with van der Waals surface area (Å²) in [5.41, 5.74) is 0. The van der Waals surface area contributed by atoms with E-state index in [0.717, 1.165) is 44.0 Å². The molecule has 6 heteroatoms. The second kappa shape index (κ2) is 10.3. The number of nitrogens with zero attached hydrogens (tertiary/aromatic N) is 2. The first-order valence-corrected chi connectivity index (χ1v) is 7.65. The minimum Gasteiger partial charge on any atom is -0.396 e. The van der Waals surface area contributed by atoms with Crippen LogP contribution in [0, 0.1) is 5.92 Å². The van der Waals surface area contributed by atoms with Crippen LogP contribution >= 0.6 is 0 Å². The summed E-state index contributed by atoms with van der Waals surface area (Å²) in [5.74, 6) is 2.66. The fraction of sp³-hybridized carbons (Fsp3) is 0.733. The summed E-state index contributed by atoms with van der Waals surface area (Å²) in [4.78, 5) is 8.84. The maximum absolute atomic E-state index is 9.00. The van der Waals surface area contributed by atoms with Crippen molar-refractivity contribution in [3.05, 3.63) is 11.9 Å². The van der Waals surface area contributed by atoms with Crippen molar-refractivity contribution in [3.63, 3.8) is 0 Å². The second-order valence-electron chi connectivity index (χ2n) is 5.27. The minimum absolute atomic E-state index is 0.247. The molecule has 3 N–H and O–H groups in total. The maximum atomic E-state index is 9.00. The zero-order valence-corrected chi connectivity index (χ0v) is 13.4. The van der Waals surface area contributed by atoms with Gasteiger partial charge in [-0.3, -0.25) is 0 Å². The number of hydrogen-bond donors (Lipinski definition) is 3. The van der Waals surface area contributed by atoms with Gasteiger partial charge in [0.15, 0.2) is 5.82 Å². The lowest BCUT2D eigenvalue weighted by Gasteiger charge is -2.12. The van der Waals surface area contributed by atoms with E-state index in [1.165, 1.54) is 0 Å². The third kappa shape index (κ3) is 7.24. The van der Waals surface area contributed by atoms with Gasteiger partial charge in [0.05, 0.1) is 0 Å². The van der Waals surface area contributed by atoms with Gasteiger partial charge >= 0.3 is 0 Å². The predicted octanol–water partition coefficient (Wildman–Crippen LogP) is 2.27. The molecule has 0 spiro atoms. The first-order valence-electron chi connectivity index (χ1n) is 7.65. The Hall–Kier alpha value is -1.40. The third-order valence-corrected chi connectivity index (χ3v) is 3.09. The Bertz CT molecular complexity index is 401. The number of rotatable bonds is 11. The van der Waals surface area contributed by atoms with Crippen LogP contribution in [-0.4, -0.2) is 41.9 Å². The number of ether oxygens (including phenoxy) is 1. The van der Waals surface area contributed by atoms with E-state index in [9.17, 15) is 0 Å². The van der Waals surface area contributed by atoms with Gasteiger partial charge in [0.2, 0.25) is 0 Å². The van der Waals surface area contributed by atoms with Gasteiger partial charge < -0.3 is 20.5 Å². The molecule has 1 heterocycles. The molecule has 0 radical (unpaired) electrons. The van der Waals surface area contributed by atoms with E-state index in [0.29, 0.717) is 18.3 Å². The minimum atomic E-state index is 0.247. The smallest absolute Gasteiger partial charge is 0.158 e. The fourth-order valence-electron chi connectivity index (χ4n) is 1.88. The van der Waals surface area contributed by atoms with Gasteiger partial charge in [-0.1, -0.05) is 13.8 Å². The SMILES string of the molecule is CCCNc1cc(NCCCC(C)CO)nc(COC)n1. The summed E-state index contributed by atoms with van der Waals surface area (Å²) in [6.07, 6.45) is 3.05. The number of aliphatic hydroxyl groups excluding tert-OH is 1. The van der Waals surface area contributed by atoms with Crippen LogP contribution in [-0.2, 0) is 11.3 Å². The van der Waals surface area contributed by atoms with E-state index in [1.807, 2.05) is 13.0 Å². The quantitative estimate of drug-likeness (QED) is 0.544. The zero-order chi connectivity index (χ0) is 15.5.